The number of rotatable bonds is 11. The third kappa shape index (κ3) is 9.27. The SMILES string of the molecule is COC(=O)NC(C(=O)N1CCCC1C(=O)NC(=O)Nc1ccc(-c2coc3cc(-c4cnc(C5CCCN5C(=O)C(NC(=O)OC)C(C)C)[nH]4)ccc3c2=O)cc1)C(C)C. The Bertz CT molecular complexity index is 2320. The van der Waals surface area contributed by atoms with Crippen molar-refractivity contribution in [2.75, 3.05) is 32.6 Å². The average Bonchev–Trinajstić information content (AvgIpc) is 4.03. The number of anilines is 1. The molecule has 6 rings (SSSR count). The maximum Gasteiger partial charge on any atom is 0.407 e. The summed E-state index contributed by atoms with van der Waals surface area (Å²) in [4.78, 5) is 101. The lowest BCUT2D eigenvalue weighted by Gasteiger charge is -2.30. The second kappa shape index (κ2) is 18.5. The quantitative estimate of drug-likeness (QED) is 0.136. The molecule has 0 saturated carbocycles. The number of urea groups is 1. The molecule has 4 atom stereocenters. The number of ether oxygens (including phenoxy) is 2. The zero-order chi connectivity index (χ0) is 43.2. The summed E-state index contributed by atoms with van der Waals surface area (Å²) >= 11 is 0. The van der Waals surface area contributed by atoms with Crippen LogP contribution in [0.2, 0.25) is 0 Å². The topological polar surface area (TPSA) is 234 Å². The fraction of sp³-hybridized carbons (Fsp3) is 0.429. The molecule has 0 aliphatic carbocycles. The first kappa shape index (κ1) is 42.9. The van der Waals surface area contributed by atoms with Crippen LogP contribution < -0.4 is 26.7 Å². The highest BCUT2D eigenvalue weighted by molar-refractivity contribution is 6.04. The number of benzene rings is 2. The van der Waals surface area contributed by atoms with Crippen molar-refractivity contribution in [1.29, 1.82) is 0 Å². The van der Waals surface area contributed by atoms with Crippen molar-refractivity contribution in [3.63, 3.8) is 0 Å². The Labute approximate surface area is 345 Å². The van der Waals surface area contributed by atoms with Crippen molar-refractivity contribution in [3.8, 4) is 22.4 Å². The van der Waals surface area contributed by atoms with Gasteiger partial charge in [0.05, 0.1) is 43.1 Å². The molecular weight excluding hydrogens is 777 g/mol. The van der Waals surface area contributed by atoms with E-state index in [1.165, 1.54) is 25.4 Å². The molecule has 2 aliphatic rings. The van der Waals surface area contributed by atoms with Crippen molar-refractivity contribution in [1.82, 2.24) is 35.7 Å². The second-order valence-electron chi connectivity index (χ2n) is 15.5. The molecular formula is C42H50N8O10. The van der Waals surface area contributed by atoms with Gasteiger partial charge in [0.25, 0.3) is 5.91 Å². The van der Waals surface area contributed by atoms with Gasteiger partial charge in [0.15, 0.2) is 5.43 Å². The van der Waals surface area contributed by atoms with Gasteiger partial charge in [-0.15, -0.1) is 0 Å². The van der Waals surface area contributed by atoms with E-state index in [1.807, 2.05) is 13.8 Å². The third-order valence-corrected chi connectivity index (χ3v) is 10.8. The minimum absolute atomic E-state index is 0.161. The van der Waals surface area contributed by atoms with E-state index in [1.54, 1.807) is 67.4 Å². The molecule has 0 spiro atoms. The van der Waals surface area contributed by atoms with Crippen LogP contribution in [0.4, 0.5) is 20.1 Å². The number of alkyl carbamates (subject to hydrolysis) is 2. The van der Waals surface area contributed by atoms with Gasteiger partial charge in [-0.3, -0.25) is 24.5 Å². The largest absolute Gasteiger partial charge is 0.463 e. The van der Waals surface area contributed by atoms with Gasteiger partial charge in [0.1, 0.15) is 35.8 Å². The molecule has 2 aromatic heterocycles. The molecule has 60 heavy (non-hydrogen) atoms. The Kier molecular flexibility index (Phi) is 13.2. The lowest BCUT2D eigenvalue weighted by molar-refractivity contribution is -0.140. The fourth-order valence-corrected chi connectivity index (χ4v) is 7.61. The van der Waals surface area contributed by atoms with Crippen molar-refractivity contribution >= 4 is 52.6 Å². The number of imide groups is 1. The van der Waals surface area contributed by atoms with Gasteiger partial charge in [-0.2, -0.15) is 0 Å². The van der Waals surface area contributed by atoms with Crippen LogP contribution >= 0.6 is 0 Å². The highest BCUT2D eigenvalue weighted by atomic mass is 16.5. The first-order chi connectivity index (χ1) is 28.7. The Hall–Kier alpha value is -6.72. The summed E-state index contributed by atoms with van der Waals surface area (Å²) in [6.45, 7) is 8.06. The number of aromatic amines is 1. The number of imidazole rings is 1. The summed E-state index contributed by atoms with van der Waals surface area (Å²) in [5.41, 5.74) is 2.65. The summed E-state index contributed by atoms with van der Waals surface area (Å²) in [7, 11) is 2.45. The molecule has 18 heteroatoms. The molecule has 0 bridgehead atoms. The zero-order valence-electron chi connectivity index (χ0n) is 34.3. The molecule has 18 nitrogen and oxygen atoms in total. The summed E-state index contributed by atoms with van der Waals surface area (Å²) in [5.74, 6) is -1.13. The lowest BCUT2D eigenvalue weighted by atomic mass is 10.0. The molecule has 2 saturated heterocycles. The number of hydrogen-bond donors (Lipinski definition) is 5. The fourth-order valence-electron chi connectivity index (χ4n) is 7.61. The molecule has 4 unspecified atom stereocenters. The van der Waals surface area contributed by atoms with Crippen molar-refractivity contribution in [3.05, 3.63) is 71.0 Å². The molecule has 5 N–H and O–H groups in total. The number of carbonyl (C=O) groups is 6. The lowest BCUT2D eigenvalue weighted by Crippen LogP contribution is -2.55. The maximum atomic E-state index is 13.7. The number of nitrogens with one attached hydrogen (secondary N) is 5. The number of amides is 7. The van der Waals surface area contributed by atoms with Crippen molar-refractivity contribution in [2.24, 2.45) is 11.8 Å². The summed E-state index contributed by atoms with van der Waals surface area (Å²) in [5, 5.41) is 10.4. The van der Waals surface area contributed by atoms with E-state index in [4.69, 9.17) is 9.15 Å². The zero-order valence-corrected chi connectivity index (χ0v) is 34.3. The molecule has 2 fully saturated rings. The van der Waals surface area contributed by atoms with Gasteiger partial charge in [-0.1, -0.05) is 45.9 Å². The minimum Gasteiger partial charge on any atom is -0.463 e. The van der Waals surface area contributed by atoms with Crippen LogP contribution in [0.1, 0.15) is 65.2 Å². The van der Waals surface area contributed by atoms with Gasteiger partial charge in [-0.25, -0.2) is 19.4 Å². The highest BCUT2D eigenvalue weighted by Crippen LogP contribution is 2.33. The van der Waals surface area contributed by atoms with Gasteiger partial charge in [0.2, 0.25) is 11.8 Å². The molecule has 2 aromatic carbocycles. The Morgan fingerprint density at radius 2 is 1.42 bits per heavy atom. The molecule has 7 amide bonds. The first-order valence-corrected chi connectivity index (χ1v) is 19.8. The molecule has 0 radical (unpaired) electrons. The van der Waals surface area contributed by atoms with E-state index >= 15 is 0 Å². The number of hydrogen-bond acceptors (Lipinski definition) is 11. The van der Waals surface area contributed by atoms with Crippen LogP contribution in [0, 0.1) is 11.8 Å². The normalized spacial score (nSPS) is 17.3. The van der Waals surface area contributed by atoms with Crippen LogP contribution in [0.5, 0.6) is 0 Å². The molecule has 2 aliphatic heterocycles. The predicted molar refractivity (Wildman–Crippen MR) is 219 cm³/mol. The second-order valence-corrected chi connectivity index (χ2v) is 15.5. The van der Waals surface area contributed by atoms with Crippen molar-refractivity contribution < 1.29 is 42.7 Å². The highest BCUT2D eigenvalue weighted by Gasteiger charge is 2.40. The van der Waals surface area contributed by atoms with E-state index < -0.39 is 48.2 Å². The van der Waals surface area contributed by atoms with Gasteiger partial charge in [0, 0.05) is 24.3 Å². The number of H-pyrrole nitrogens is 1. The Morgan fingerprint density at radius 3 is 2.05 bits per heavy atom. The van der Waals surface area contributed by atoms with Crippen LogP contribution in [0.15, 0.2) is 64.1 Å². The Balaban J connectivity index is 1.09. The summed E-state index contributed by atoms with van der Waals surface area (Å²) in [6, 6.07) is 7.96. The average molecular weight is 827 g/mol. The molecule has 318 valence electrons. The number of aromatic nitrogens is 2. The van der Waals surface area contributed by atoms with E-state index in [0.29, 0.717) is 71.7 Å². The van der Waals surface area contributed by atoms with E-state index in [0.717, 1.165) is 12.0 Å². The van der Waals surface area contributed by atoms with Crippen molar-refractivity contribution in [2.45, 2.75) is 77.5 Å². The number of methoxy groups -OCH3 is 2. The minimum atomic E-state index is -0.908. The van der Waals surface area contributed by atoms with Gasteiger partial charge < -0.3 is 44.6 Å². The molecule has 4 aromatic rings. The third-order valence-electron chi connectivity index (χ3n) is 10.8. The maximum absolute atomic E-state index is 13.7. The predicted octanol–water partition coefficient (Wildman–Crippen LogP) is 4.91. The Morgan fingerprint density at radius 1 is 0.817 bits per heavy atom. The standard InChI is InChI=1S/C42H50N8O10/c1-22(2)33(46-41(56)58-5)38(53)49-17-7-9-30(49)36-43-20-29(45-36)25-13-16-27-32(19-25)60-21-28(35(27)51)24-11-14-26(15-12-24)44-40(55)48-37(52)31-10-8-18-50(31)39(54)34(23(3)4)47-42(57)59-6/h11-16,19-23,30-31,33-34H,7-10,17-18H2,1-6H3,(H,43,45)(H,46,56)(H,47,57)(H2,44,48,52,55). The molecule has 4 heterocycles. The smallest absolute Gasteiger partial charge is 0.407 e. The summed E-state index contributed by atoms with van der Waals surface area (Å²) < 4.78 is 15.3. The van der Waals surface area contributed by atoms with Crippen LogP contribution in [0.3, 0.4) is 0 Å². The van der Waals surface area contributed by atoms with E-state index in [-0.39, 0.29) is 29.2 Å². The van der Waals surface area contributed by atoms with Gasteiger partial charge in [-0.05, 0) is 67.3 Å². The number of likely N-dealkylation sites (tertiary alicyclic amines) is 2. The van der Waals surface area contributed by atoms with Crippen LogP contribution in [-0.2, 0) is 23.9 Å². The van der Waals surface area contributed by atoms with Gasteiger partial charge >= 0.3 is 18.2 Å². The van der Waals surface area contributed by atoms with E-state index in [2.05, 4.69) is 36.0 Å². The number of carbonyl (C=O) groups excluding carboxylic acids is 6. The summed E-state index contributed by atoms with van der Waals surface area (Å²) in [6.07, 6.45) is 3.98. The number of nitrogens with zero attached hydrogens (tertiary/aromatic N) is 3. The number of fused-ring (bicyclic) bond motifs is 1. The van der Waals surface area contributed by atoms with Crippen LogP contribution in [0.25, 0.3) is 33.4 Å². The van der Waals surface area contributed by atoms with Crippen LogP contribution in [-0.4, -0.2) is 101 Å². The van der Waals surface area contributed by atoms with E-state index in [9.17, 15) is 33.6 Å². The first-order valence-electron chi connectivity index (χ1n) is 19.8. The monoisotopic (exact) mass is 826 g/mol.